The van der Waals surface area contributed by atoms with Crippen molar-refractivity contribution < 1.29 is 23.6 Å². The molecule has 5 amide bonds. The zero-order valence-electron chi connectivity index (χ0n) is 17.7. The Morgan fingerprint density at radius 1 is 1.23 bits per heavy atom. The zero-order chi connectivity index (χ0) is 22.3. The van der Waals surface area contributed by atoms with Gasteiger partial charge in [-0.2, -0.15) is 0 Å². The minimum absolute atomic E-state index is 0.0480. The van der Waals surface area contributed by atoms with Gasteiger partial charge in [0, 0.05) is 29.9 Å². The predicted octanol–water partition coefficient (Wildman–Crippen LogP) is 2.43. The Bertz CT molecular complexity index is 1090. The summed E-state index contributed by atoms with van der Waals surface area (Å²) in [6.07, 6.45) is 1.31. The second-order valence-electron chi connectivity index (χ2n) is 8.02. The summed E-state index contributed by atoms with van der Waals surface area (Å²) in [7, 11) is 0. The largest absolute Gasteiger partial charge is 0.466 e. The van der Waals surface area contributed by atoms with Crippen LogP contribution in [0.5, 0.6) is 0 Å². The molecule has 9 heteroatoms. The van der Waals surface area contributed by atoms with Crippen molar-refractivity contribution in [3.63, 3.8) is 0 Å². The second kappa shape index (κ2) is 7.57. The number of hydrogen-bond acceptors (Lipinski definition) is 5. The normalized spacial score (nSPS) is 21.1. The number of imide groups is 1. The summed E-state index contributed by atoms with van der Waals surface area (Å²) in [4.78, 5) is 52.6. The lowest BCUT2D eigenvalue weighted by Gasteiger charge is -2.21. The lowest BCUT2D eigenvalue weighted by molar-refractivity contribution is -0.133. The first kappa shape index (κ1) is 20.6. The van der Waals surface area contributed by atoms with Crippen LogP contribution in [0.1, 0.15) is 36.8 Å². The first-order valence-corrected chi connectivity index (χ1v) is 10.1. The van der Waals surface area contributed by atoms with Crippen LogP contribution in [-0.4, -0.2) is 41.7 Å². The van der Waals surface area contributed by atoms with Gasteiger partial charge in [0.25, 0.3) is 5.91 Å². The van der Waals surface area contributed by atoms with E-state index in [4.69, 9.17) is 4.42 Å². The van der Waals surface area contributed by atoms with Gasteiger partial charge in [-0.3, -0.25) is 19.3 Å². The predicted molar refractivity (Wildman–Crippen MR) is 112 cm³/mol. The van der Waals surface area contributed by atoms with Crippen LogP contribution in [-0.2, 0) is 19.9 Å². The van der Waals surface area contributed by atoms with E-state index < -0.39 is 29.9 Å². The minimum atomic E-state index is -1.30. The van der Waals surface area contributed by atoms with Crippen molar-refractivity contribution in [2.75, 3.05) is 23.3 Å². The Balaban J connectivity index is 1.47. The van der Waals surface area contributed by atoms with Crippen LogP contribution in [0.15, 0.2) is 34.7 Å². The van der Waals surface area contributed by atoms with Crippen molar-refractivity contribution in [3.8, 4) is 0 Å². The van der Waals surface area contributed by atoms with Gasteiger partial charge in [0.05, 0.1) is 0 Å². The highest BCUT2D eigenvalue weighted by Gasteiger charge is 2.51. The van der Waals surface area contributed by atoms with Crippen molar-refractivity contribution in [2.24, 2.45) is 0 Å². The van der Waals surface area contributed by atoms with E-state index in [2.05, 4.69) is 10.6 Å². The van der Waals surface area contributed by atoms with Gasteiger partial charge >= 0.3 is 6.03 Å². The van der Waals surface area contributed by atoms with Gasteiger partial charge in [-0.1, -0.05) is 6.07 Å². The van der Waals surface area contributed by atoms with Crippen LogP contribution in [0.2, 0.25) is 0 Å². The smallest absolute Gasteiger partial charge is 0.325 e. The van der Waals surface area contributed by atoms with Crippen LogP contribution in [0.4, 0.5) is 16.2 Å². The van der Waals surface area contributed by atoms with Crippen molar-refractivity contribution >= 4 is 35.1 Å². The molecule has 9 nitrogen and oxygen atoms in total. The van der Waals surface area contributed by atoms with Gasteiger partial charge in [0.2, 0.25) is 11.8 Å². The molecule has 1 aromatic carbocycles. The maximum atomic E-state index is 13.0. The number of benzene rings is 1. The van der Waals surface area contributed by atoms with Gasteiger partial charge in [-0.25, -0.2) is 4.79 Å². The Labute approximate surface area is 179 Å². The maximum absolute atomic E-state index is 13.0. The molecule has 0 bridgehead atoms. The van der Waals surface area contributed by atoms with Gasteiger partial charge in [-0.05, 0) is 51.5 Å². The average Bonchev–Trinajstić information content (AvgIpc) is 3.35. The summed E-state index contributed by atoms with van der Waals surface area (Å²) in [6.45, 7) is 5.29. The number of furan rings is 1. The number of nitrogens with one attached hydrogen (secondary N) is 2. The molecule has 0 radical (unpaired) electrons. The second-order valence-corrected chi connectivity index (χ2v) is 8.02. The Hall–Kier alpha value is -3.62. The molecule has 4 rings (SSSR count). The third-order valence-electron chi connectivity index (χ3n) is 5.67. The quantitative estimate of drug-likeness (QED) is 0.716. The van der Waals surface area contributed by atoms with Crippen molar-refractivity contribution in [3.05, 3.63) is 47.4 Å². The summed E-state index contributed by atoms with van der Waals surface area (Å²) in [6, 6.07) is 8.01. The molecule has 1 aromatic heterocycles. The first-order chi connectivity index (χ1) is 14.7. The van der Waals surface area contributed by atoms with Crippen LogP contribution in [0.25, 0.3) is 0 Å². The summed E-state index contributed by atoms with van der Waals surface area (Å²) < 4.78 is 5.50. The summed E-state index contributed by atoms with van der Waals surface area (Å²) in [5, 5.41) is 5.38. The highest BCUT2D eigenvalue weighted by atomic mass is 16.3. The molecular weight excluding hydrogens is 400 g/mol. The van der Waals surface area contributed by atoms with E-state index in [0.717, 1.165) is 11.3 Å². The fourth-order valence-electron chi connectivity index (χ4n) is 4.17. The topological polar surface area (TPSA) is 112 Å². The monoisotopic (exact) mass is 424 g/mol. The van der Waals surface area contributed by atoms with Crippen molar-refractivity contribution in [1.82, 2.24) is 10.2 Å². The van der Waals surface area contributed by atoms with E-state index in [0.29, 0.717) is 41.4 Å². The van der Waals surface area contributed by atoms with E-state index in [9.17, 15) is 19.2 Å². The van der Waals surface area contributed by atoms with Gasteiger partial charge < -0.3 is 20.0 Å². The molecule has 3 heterocycles. The number of carbonyl (C=O) groups is 4. The molecular formula is C22H24N4O5. The number of hydrogen-bond donors (Lipinski definition) is 2. The molecule has 1 unspecified atom stereocenters. The summed E-state index contributed by atoms with van der Waals surface area (Å²) >= 11 is 0. The van der Waals surface area contributed by atoms with Gasteiger partial charge in [0.1, 0.15) is 23.6 Å². The van der Waals surface area contributed by atoms with Crippen LogP contribution in [0, 0.1) is 13.8 Å². The maximum Gasteiger partial charge on any atom is 0.325 e. The van der Waals surface area contributed by atoms with Gasteiger partial charge in [-0.15, -0.1) is 0 Å². The Morgan fingerprint density at radius 2 is 2.00 bits per heavy atom. The lowest BCUT2D eigenvalue weighted by atomic mass is 9.92. The molecule has 162 valence electrons. The zero-order valence-corrected chi connectivity index (χ0v) is 17.7. The number of rotatable bonds is 5. The number of urea groups is 1. The Morgan fingerprint density at radius 3 is 2.65 bits per heavy atom. The molecule has 0 spiro atoms. The van der Waals surface area contributed by atoms with E-state index in [1.54, 1.807) is 56.0 Å². The molecule has 2 aromatic rings. The molecule has 2 fully saturated rings. The summed E-state index contributed by atoms with van der Waals surface area (Å²) in [5.74, 6) is 0.175. The molecule has 0 aliphatic carbocycles. The van der Waals surface area contributed by atoms with E-state index >= 15 is 0 Å². The SMILES string of the molecule is Cc1cc(C2(C)NC(=O)N(CC(=O)Nc3cccc(N4CCCC4=O)c3)C2=O)c(C)o1. The van der Waals surface area contributed by atoms with Crippen LogP contribution in [0.3, 0.4) is 0 Å². The van der Waals surface area contributed by atoms with Crippen LogP contribution < -0.4 is 15.5 Å². The number of nitrogens with zero attached hydrogens (tertiary/aromatic N) is 2. The molecule has 2 aliphatic heterocycles. The lowest BCUT2D eigenvalue weighted by Crippen LogP contribution is -2.42. The van der Waals surface area contributed by atoms with Crippen LogP contribution >= 0.6 is 0 Å². The van der Waals surface area contributed by atoms with Crippen molar-refractivity contribution in [2.45, 2.75) is 39.2 Å². The molecule has 2 N–H and O–H groups in total. The third kappa shape index (κ3) is 3.67. The number of aryl methyl sites for hydroxylation is 2. The summed E-state index contributed by atoms with van der Waals surface area (Å²) in [5.41, 5.74) is 0.455. The highest BCUT2D eigenvalue weighted by molar-refractivity contribution is 6.10. The fraction of sp³-hybridized carbons (Fsp3) is 0.364. The first-order valence-electron chi connectivity index (χ1n) is 10.1. The molecule has 0 saturated carbocycles. The third-order valence-corrected chi connectivity index (χ3v) is 5.67. The molecule has 2 saturated heterocycles. The van der Waals surface area contributed by atoms with E-state index in [1.807, 2.05) is 0 Å². The van der Waals surface area contributed by atoms with Crippen molar-refractivity contribution in [1.29, 1.82) is 0 Å². The Kier molecular flexibility index (Phi) is 5.04. The number of anilines is 2. The van der Waals surface area contributed by atoms with E-state index in [1.165, 1.54) is 0 Å². The average molecular weight is 424 g/mol. The molecule has 1 atom stereocenters. The standard InChI is InChI=1S/C22H24N4O5/c1-13-10-17(14(2)31-13)22(3)20(29)26(21(30)24-22)12-18(27)23-15-6-4-7-16(11-15)25-9-5-8-19(25)28/h4,6-7,10-11H,5,8-9,12H2,1-3H3,(H,23,27)(H,24,30). The van der Waals surface area contributed by atoms with Gasteiger partial charge in [0.15, 0.2) is 0 Å². The minimum Gasteiger partial charge on any atom is -0.466 e. The number of amides is 5. The highest BCUT2D eigenvalue weighted by Crippen LogP contribution is 2.33. The molecule has 2 aliphatic rings. The fourth-order valence-corrected chi connectivity index (χ4v) is 4.17. The van der Waals surface area contributed by atoms with E-state index in [-0.39, 0.29) is 5.91 Å². The number of carbonyl (C=O) groups excluding carboxylic acids is 4. The molecule has 31 heavy (non-hydrogen) atoms.